The summed E-state index contributed by atoms with van der Waals surface area (Å²) in [6.07, 6.45) is 3.40. The van der Waals surface area contributed by atoms with Crippen LogP contribution in [0, 0.1) is 0 Å². The number of carbonyl (C=O) groups is 1. The van der Waals surface area contributed by atoms with Gasteiger partial charge in [0.2, 0.25) is 5.91 Å². The molecule has 0 saturated carbocycles. The first-order valence-corrected chi connectivity index (χ1v) is 6.29. The molecule has 1 amide bonds. The third kappa shape index (κ3) is 2.42. The summed E-state index contributed by atoms with van der Waals surface area (Å²) in [5.41, 5.74) is 2.12. The molecule has 98 valence electrons. The quantitative estimate of drug-likeness (QED) is 0.841. The lowest BCUT2D eigenvalue weighted by atomic mass is 10.0. The van der Waals surface area contributed by atoms with Crippen LogP contribution in [0.4, 0.5) is 5.69 Å². The molecule has 6 nitrogen and oxygen atoms in total. The maximum absolute atomic E-state index is 12.1. The second-order valence-corrected chi connectivity index (χ2v) is 4.48. The highest BCUT2D eigenvalue weighted by Gasteiger charge is 2.27. The van der Waals surface area contributed by atoms with Gasteiger partial charge in [0.05, 0.1) is 18.7 Å². The Kier molecular flexibility index (Phi) is 3.14. The molecule has 0 aliphatic carbocycles. The molecule has 1 atom stereocenters. The lowest BCUT2D eigenvalue weighted by molar-refractivity contribution is -0.122. The molecule has 1 unspecified atom stereocenters. The third-order valence-corrected chi connectivity index (χ3v) is 3.26. The predicted molar refractivity (Wildman–Crippen MR) is 70.7 cm³/mol. The minimum atomic E-state index is -0.105. The van der Waals surface area contributed by atoms with E-state index in [4.69, 9.17) is 0 Å². The standard InChI is InChI=1S/C13H15N5O/c19-13(14-5-7-18-8-6-16-17-18)11-9-15-12-4-2-1-3-10(11)12/h1-4,6,8,11,15H,5,7,9H2,(H,14,19). The van der Waals surface area contributed by atoms with Crippen LogP contribution in [0.1, 0.15) is 11.5 Å². The number of para-hydroxylation sites is 1. The van der Waals surface area contributed by atoms with Crippen molar-refractivity contribution in [3.8, 4) is 0 Å². The summed E-state index contributed by atoms with van der Waals surface area (Å²) >= 11 is 0. The fraction of sp³-hybridized carbons (Fsp3) is 0.308. The van der Waals surface area contributed by atoms with Gasteiger partial charge in [-0.15, -0.1) is 5.10 Å². The van der Waals surface area contributed by atoms with Gasteiger partial charge in [0, 0.05) is 25.0 Å². The average molecular weight is 257 g/mol. The zero-order valence-electron chi connectivity index (χ0n) is 10.4. The average Bonchev–Trinajstić information content (AvgIpc) is 3.07. The highest BCUT2D eigenvalue weighted by atomic mass is 16.1. The molecule has 0 fully saturated rings. The number of carbonyl (C=O) groups excluding carboxylic acids is 1. The van der Waals surface area contributed by atoms with E-state index < -0.39 is 0 Å². The molecule has 0 spiro atoms. The molecule has 0 radical (unpaired) electrons. The van der Waals surface area contributed by atoms with Gasteiger partial charge in [0.1, 0.15) is 0 Å². The SMILES string of the molecule is O=C(NCCn1ccnn1)C1CNc2ccccc21. The number of hydrogen-bond acceptors (Lipinski definition) is 4. The molecule has 2 heterocycles. The lowest BCUT2D eigenvalue weighted by Crippen LogP contribution is -2.32. The number of nitrogens with zero attached hydrogens (tertiary/aromatic N) is 3. The number of rotatable bonds is 4. The van der Waals surface area contributed by atoms with Crippen LogP contribution >= 0.6 is 0 Å². The number of amides is 1. The normalized spacial score (nSPS) is 16.7. The first-order chi connectivity index (χ1) is 9.34. The van der Waals surface area contributed by atoms with Crippen molar-refractivity contribution in [1.29, 1.82) is 0 Å². The smallest absolute Gasteiger partial charge is 0.229 e. The Morgan fingerprint density at radius 2 is 2.37 bits per heavy atom. The summed E-state index contributed by atoms with van der Waals surface area (Å²) in [4.78, 5) is 12.1. The Labute approximate surface area is 110 Å². The Bertz CT molecular complexity index is 566. The van der Waals surface area contributed by atoms with Crippen LogP contribution in [0.2, 0.25) is 0 Å². The highest BCUT2D eigenvalue weighted by molar-refractivity contribution is 5.88. The van der Waals surface area contributed by atoms with Gasteiger partial charge in [-0.1, -0.05) is 23.4 Å². The minimum absolute atomic E-state index is 0.0533. The number of nitrogens with one attached hydrogen (secondary N) is 2. The van der Waals surface area contributed by atoms with E-state index in [1.54, 1.807) is 17.1 Å². The van der Waals surface area contributed by atoms with E-state index in [9.17, 15) is 4.79 Å². The number of benzene rings is 1. The molecule has 2 N–H and O–H groups in total. The fourth-order valence-electron chi connectivity index (χ4n) is 2.29. The van der Waals surface area contributed by atoms with Crippen molar-refractivity contribution in [2.45, 2.75) is 12.5 Å². The zero-order valence-corrected chi connectivity index (χ0v) is 10.4. The third-order valence-electron chi connectivity index (χ3n) is 3.26. The van der Waals surface area contributed by atoms with Crippen LogP contribution in [0.5, 0.6) is 0 Å². The maximum atomic E-state index is 12.1. The van der Waals surface area contributed by atoms with E-state index >= 15 is 0 Å². The maximum Gasteiger partial charge on any atom is 0.229 e. The van der Waals surface area contributed by atoms with Crippen molar-refractivity contribution in [2.75, 3.05) is 18.4 Å². The number of fused-ring (bicyclic) bond motifs is 1. The number of aromatic nitrogens is 3. The fourth-order valence-corrected chi connectivity index (χ4v) is 2.29. The number of hydrogen-bond donors (Lipinski definition) is 2. The zero-order chi connectivity index (χ0) is 13.1. The topological polar surface area (TPSA) is 71.8 Å². The van der Waals surface area contributed by atoms with E-state index in [0.29, 0.717) is 19.6 Å². The van der Waals surface area contributed by atoms with Gasteiger partial charge in [-0.3, -0.25) is 9.48 Å². The molecule has 1 aromatic carbocycles. The van der Waals surface area contributed by atoms with Crippen molar-refractivity contribution in [3.63, 3.8) is 0 Å². The van der Waals surface area contributed by atoms with Crippen LogP contribution in [-0.4, -0.2) is 34.0 Å². The van der Waals surface area contributed by atoms with Crippen LogP contribution < -0.4 is 10.6 Å². The van der Waals surface area contributed by atoms with Crippen LogP contribution in [0.25, 0.3) is 0 Å². The first-order valence-electron chi connectivity index (χ1n) is 6.29. The molecule has 1 aliphatic rings. The Hall–Kier alpha value is -2.37. The molecular weight excluding hydrogens is 242 g/mol. The second-order valence-electron chi connectivity index (χ2n) is 4.48. The predicted octanol–water partition coefficient (Wildman–Crippen LogP) is 0.604. The summed E-state index contributed by atoms with van der Waals surface area (Å²) in [5.74, 6) is -0.0514. The Morgan fingerprint density at radius 3 is 3.21 bits per heavy atom. The summed E-state index contributed by atoms with van der Waals surface area (Å²) in [7, 11) is 0. The summed E-state index contributed by atoms with van der Waals surface area (Å²) in [5, 5.41) is 13.7. The lowest BCUT2D eigenvalue weighted by Gasteiger charge is -2.11. The Morgan fingerprint density at radius 1 is 1.47 bits per heavy atom. The van der Waals surface area contributed by atoms with Crippen molar-refractivity contribution in [2.24, 2.45) is 0 Å². The van der Waals surface area contributed by atoms with Gasteiger partial charge in [0.25, 0.3) is 0 Å². The van der Waals surface area contributed by atoms with E-state index in [-0.39, 0.29) is 11.8 Å². The van der Waals surface area contributed by atoms with E-state index in [1.807, 2.05) is 24.3 Å². The molecule has 19 heavy (non-hydrogen) atoms. The van der Waals surface area contributed by atoms with Gasteiger partial charge >= 0.3 is 0 Å². The molecule has 3 rings (SSSR count). The van der Waals surface area contributed by atoms with Crippen molar-refractivity contribution in [3.05, 3.63) is 42.2 Å². The van der Waals surface area contributed by atoms with Gasteiger partial charge in [-0.25, -0.2) is 0 Å². The second kappa shape index (κ2) is 5.09. The molecular formula is C13H15N5O. The molecule has 1 aliphatic heterocycles. The molecule has 1 aromatic heterocycles. The molecule has 6 heteroatoms. The molecule has 0 bridgehead atoms. The Balaban J connectivity index is 1.57. The van der Waals surface area contributed by atoms with E-state index in [1.165, 1.54) is 0 Å². The molecule has 0 saturated heterocycles. The number of anilines is 1. The van der Waals surface area contributed by atoms with Crippen LogP contribution in [-0.2, 0) is 11.3 Å². The monoisotopic (exact) mass is 257 g/mol. The minimum Gasteiger partial charge on any atom is -0.384 e. The molecule has 2 aromatic rings. The summed E-state index contributed by atoms with van der Waals surface area (Å²) < 4.78 is 1.70. The van der Waals surface area contributed by atoms with Crippen molar-refractivity contribution >= 4 is 11.6 Å². The van der Waals surface area contributed by atoms with Crippen LogP contribution in [0.15, 0.2) is 36.7 Å². The summed E-state index contributed by atoms with van der Waals surface area (Å²) in [6.45, 7) is 1.85. The van der Waals surface area contributed by atoms with Gasteiger partial charge in [0.15, 0.2) is 0 Å². The van der Waals surface area contributed by atoms with Crippen LogP contribution in [0.3, 0.4) is 0 Å². The van der Waals surface area contributed by atoms with Gasteiger partial charge < -0.3 is 10.6 Å². The van der Waals surface area contributed by atoms with Gasteiger partial charge in [-0.05, 0) is 11.6 Å². The van der Waals surface area contributed by atoms with E-state index in [2.05, 4.69) is 20.9 Å². The first kappa shape index (κ1) is 11.7. The highest BCUT2D eigenvalue weighted by Crippen LogP contribution is 2.30. The summed E-state index contributed by atoms with van der Waals surface area (Å²) in [6, 6.07) is 7.92. The van der Waals surface area contributed by atoms with Gasteiger partial charge in [-0.2, -0.15) is 0 Å². The van der Waals surface area contributed by atoms with Crippen molar-refractivity contribution < 1.29 is 4.79 Å². The van der Waals surface area contributed by atoms with E-state index in [0.717, 1.165) is 11.3 Å². The van der Waals surface area contributed by atoms with Crippen molar-refractivity contribution in [1.82, 2.24) is 20.3 Å². The largest absolute Gasteiger partial charge is 0.384 e.